The Morgan fingerprint density at radius 2 is 2.00 bits per heavy atom. The molecule has 3 atom stereocenters. The number of aliphatic carboxylic acids is 1. The summed E-state index contributed by atoms with van der Waals surface area (Å²) in [6.45, 7) is 8.77. The minimum atomic E-state index is -0.774. The van der Waals surface area contributed by atoms with Gasteiger partial charge < -0.3 is 5.11 Å². The van der Waals surface area contributed by atoms with Crippen molar-refractivity contribution < 1.29 is 9.90 Å². The Balaban J connectivity index is 2.29. The zero-order chi connectivity index (χ0) is 12.1. The van der Waals surface area contributed by atoms with Crippen molar-refractivity contribution in [1.82, 2.24) is 0 Å². The van der Waals surface area contributed by atoms with Crippen LogP contribution < -0.4 is 0 Å². The summed E-state index contributed by atoms with van der Waals surface area (Å²) in [7, 11) is 0. The van der Waals surface area contributed by atoms with Gasteiger partial charge in [-0.25, -0.2) is 4.79 Å². The van der Waals surface area contributed by atoms with Gasteiger partial charge in [0, 0.05) is 5.57 Å². The molecule has 90 valence electrons. The van der Waals surface area contributed by atoms with Gasteiger partial charge in [-0.15, -0.1) is 0 Å². The maximum Gasteiger partial charge on any atom is 0.330 e. The Hall–Kier alpha value is -0.790. The predicted molar refractivity (Wildman–Crippen MR) is 64.1 cm³/mol. The van der Waals surface area contributed by atoms with Crippen LogP contribution in [0.5, 0.6) is 0 Å². The van der Waals surface area contributed by atoms with Crippen LogP contribution in [0.2, 0.25) is 0 Å². The largest absolute Gasteiger partial charge is 0.478 e. The third-order valence-electron chi connectivity index (χ3n) is 5.65. The molecular formula is C14H22O2. The summed E-state index contributed by atoms with van der Waals surface area (Å²) in [6, 6.07) is 0. The molecule has 0 aromatic heterocycles. The van der Waals surface area contributed by atoms with E-state index >= 15 is 0 Å². The molecule has 3 unspecified atom stereocenters. The number of rotatable bonds is 2. The SMILES string of the molecule is C/C(=C\C1CC2CCC1(C)C2(C)C)C(=O)O. The Kier molecular flexibility index (Phi) is 2.45. The van der Waals surface area contributed by atoms with Crippen molar-refractivity contribution in [3.8, 4) is 0 Å². The highest BCUT2D eigenvalue weighted by Crippen LogP contribution is 2.68. The Morgan fingerprint density at radius 1 is 1.38 bits per heavy atom. The zero-order valence-corrected chi connectivity index (χ0v) is 10.7. The monoisotopic (exact) mass is 222 g/mol. The van der Waals surface area contributed by atoms with Crippen LogP contribution in [0.25, 0.3) is 0 Å². The molecule has 2 fully saturated rings. The molecule has 0 spiro atoms. The second-order valence-electron chi connectivity index (χ2n) is 6.37. The minimum absolute atomic E-state index is 0.300. The van der Waals surface area contributed by atoms with Crippen molar-refractivity contribution in [2.24, 2.45) is 22.7 Å². The maximum atomic E-state index is 10.9. The molecular weight excluding hydrogens is 200 g/mol. The first-order valence-corrected chi connectivity index (χ1v) is 6.21. The van der Waals surface area contributed by atoms with E-state index in [1.54, 1.807) is 6.92 Å². The van der Waals surface area contributed by atoms with Gasteiger partial charge in [0.25, 0.3) is 0 Å². The fourth-order valence-corrected chi connectivity index (χ4v) is 3.89. The molecule has 0 heterocycles. The quantitative estimate of drug-likeness (QED) is 0.726. The van der Waals surface area contributed by atoms with Gasteiger partial charge >= 0.3 is 5.97 Å². The summed E-state index contributed by atoms with van der Waals surface area (Å²) < 4.78 is 0. The van der Waals surface area contributed by atoms with E-state index in [1.165, 1.54) is 19.3 Å². The second kappa shape index (κ2) is 3.35. The molecule has 0 aromatic carbocycles. The lowest BCUT2D eigenvalue weighted by atomic mass is 9.66. The summed E-state index contributed by atoms with van der Waals surface area (Å²) in [5.41, 5.74) is 1.18. The number of hydrogen-bond donors (Lipinski definition) is 1. The number of allylic oxidation sites excluding steroid dienone is 1. The lowest BCUT2D eigenvalue weighted by Crippen LogP contribution is -2.31. The average Bonchev–Trinajstić information content (AvgIpc) is 2.50. The van der Waals surface area contributed by atoms with Crippen molar-refractivity contribution in [3.05, 3.63) is 11.6 Å². The first kappa shape index (κ1) is 11.7. The lowest BCUT2D eigenvalue weighted by Gasteiger charge is -2.38. The van der Waals surface area contributed by atoms with E-state index in [1.807, 2.05) is 6.08 Å². The van der Waals surface area contributed by atoms with Gasteiger partial charge in [-0.05, 0) is 48.9 Å². The van der Waals surface area contributed by atoms with Crippen LogP contribution in [0.3, 0.4) is 0 Å². The number of carbonyl (C=O) groups is 1. The van der Waals surface area contributed by atoms with E-state index in [4.69, 9.17) is 5.11 Å². The van der Waals surface area contributed by atoms with Gasteiger partial charge in [0.1, 0.15) is 0 Å². The number of fused-ring (bicyclic) bond motifs is 2. The molecule has 1 N–H and O–H groups in total. The van der Waals surface area contributed by atoms with Gasteiger partial charge in [0.2, 0.25) is 0 Å². The Bertz CT molecular complexity index is 354. The summed E-state index contributed by atoms with van der Waals surface area (Å²) in [5, 5.41) is 8.96. The van der Waals surface area contributed by atoms with E-state index in [2.05, 4.69) is 20.8 Å². The Morgan fingerprint density at radius 3 is 2.38 bits per heavy atom. The molecule has 2 saturated carbocycles. The van der Waals surface area contributed by atoms with Crippen molar-refractivity contribution in [2.75, 3.05) is 0 Å². The molecule has 2 aliphatic carbocycles. The van der Waals surface area contributed by atoms with Crippen molar-refractivity contribution in [1.29, 1.82) is 0 Å². The fraction of sp³-hybridized carbons (Fsp3) is 0.786. The lowest BCUT2D eigenvalue weighted by molar-refractivity contribution is -0.132. The summed E-state index contributed by atoms with van der Waals surface area (Å²) in [5.74, 6) is 0.460. The predicted octanol–water partition coefficient (Wildman–Crippen LogP) is 3.48. The zero-order valence-electron chi connectivity index (χ0n) is 10.7. The van der Waals surface area contributed by atoms with Gasteiger partial charge in [-0.1, -0.05) is 26.8 Å². The number of carboxylic acids is 1. The van der Waals surface area contributed by atoms with Crippen molar-refractivity contribution in [3.63, 3.8) is 0 Å². The smallest absolute Gasteiger partial charge is 0.330 e. The van der Waals surface area contributed by atoms with E-state index in [0.29, 0.717) is 22.3 Å². The molecule has 0 radical (unpaired) electrons. The molecule has 2 aliphatic rings. The van der Waals surface area contributed by atoms with Crippen LogP contribution in [-0.2, 0) is 4.79 Å². The van der Waals surface area contributed by atoms with E-state index in [-0.39, 0.29) is 0 Å². The van der Waals surface area contributed by atoms with E-state index < -0.39 is 5.97 Å². The standard InChI is InChI=1S/C14H22O2/c1-9(12(15)16)7-11-8-10-5-6-14(11,4)13(10,2)3/h7,10-11H,5-6,8H2,1-4H3,(H,15,16)/b9-7+. The molecule has 0 amide bonds. The first-order chi connectivity index (χ1) is 7.29. The highest BCUT2D eigenvalue weighted by Gasteiger charge is 2.60. The van der Waals surface area contributed by atoms with Crippen LogP contribution in [0.4, 0.5) is 0 Å². The van der Waals surface area contributed by atoms with E-state index in [0.717, 1.165) is 5.92 Å². The second-order valence-corrected chi connectivity index (χ2v) is 6.37. The third kappa shape index (κ3) is 1.35. The first-order valence-electron chi connectivity index (χ1n) is 6.21. The topological polar surface area (TPSA) is 37.3 Å². The van der Waals surface area contributed by atoms with Gasteiger partial charge in [0.05, 0.1) is 0 Å². The molecule has 2 heteroatoms. The van der Waals surface area contributed by atoms with Crippen molar-refractivity contribution >= 4 is 5.97 Å². The fourth-order valence-electron chi connectivity index (χ4n) is 3.89. The average molecular weight is 222 g/mol. The molecule has 0 aromatic rings. The number of carboxylic acid groups (broad SMARTS) is 1. The molecule has 0 aliphatic heterocycles. The molecule has 16 heavy (non-hydrogen) atoms. The van der Waals surface area contributed by atoms with Crippen LogP contribution in [-0.4, -0.2) is 11.1 Å². The van der Waals surface area contributed by atoms with Crippen LogP contribution >= 0.6 is 0 Å². The number of hydrogen-bond acceptors (Lipinski definition) is 1. The van der Waals surface area contributed by atoms with Crippen LogP contribution in [0.15, 0.2) is 11.6 Å². The van der Waals surface area contributed by atoms with E-state index in [9.17, 15) is 4.79 Å². The molecule has 2 nitrogen and oxygen atoms in total. The third-order valence-corrected chi connectivity index (χ3v) is 5.65. The summed E-state index contributed by atoms with van der Waals surface area (Å²) in [4.78, 5) is 10.9. The minimum Gasteiger partial charge on any atom is -0.478 e. The highest BCUT2D eigenvalue weighted by molar-refractivity contribution is 5.85. The maximum absolute atomic E-state index is 10.9. The summed E-state index contributed by atoms with van der Waals surface area (Å²) in [6.07, 6.45) is 5.75. The van der Waals surface area contributed by atoms with Gasteiger partial charge in [-0.3, -0.25) is 0 Å². The normalized spacial score (nSPS) is 41.4. The van der Waals surface area contributed by atoms with Crippen LogP contribution in [0.1, 0.15) is 47.0 Å². The van der Waals surface area contributed by atoms with Crippen molar-refractivity contribution in [2.45, 2.75) is 47.0 Å². The molecule has 0 saturated heterocycles. The van der Waals surface area contributed by atoms with Crippen LogP contribution in [0, 0.1) is 22.7 Å². The van der Waals surface area contributed by atoms with Gasteiger partial charge in [0.15, 0.2) is 0 Å². The summed E-state index contributed by atoms with van der Waals surface area (Å²) >= 11 is 0. The highest BCUT2D eigenvalue weighted by atomic mass is 16.4. The van der Waals surface area contributed by atoms with Gasteiger partial charge in [-0.2, -0.15) is 0 Å². The Labute approximate surface area is 97.7 Å². The molecule has 2 bridgehead atoms. The molecule has 2 rings (SSSR count).